The number of phenols is 1. The molecule has 2 heteroatoms. The zero-order chi connectivity index (χ0) is 14.0. The highest BCUT2D eigenvalue weighted by atomic mass is 16.3. The highest BCUT2D eigenvalue weighted by molar-refractivity contribution is 5.32. The average molecular weight is 268 g/mol. The van der Waals surface area contributed by atoms with Crippen LogP contribution in [0.15, 0.2) is 54.6 Å². The van der Waals surface area contributed by atoms with Gasteiger partial charge in [0.15, 0.2) is 0 Å². The number of hydrogen-bond donors (Lipinski definition) is 2. The van der Waals surface area contributed by atoms with Crippen LogP contribution in [0, 0.1) is 0 Å². The van der Waals surface area contributed by atoms with Gasteiger partial charge >= 0.3 is 0 Å². The third kappa shape index (κ3) is 2.32. The van der Waals surface area contributed by atoms with E-state index >= 15 is 0 Å². The minimum atomic E-state index is -0.372. The van der Waals surface area contributed by atoms with Crippen molar-refractivity contribution in [1.82, 2.24) is 0 Å². The van der Waals surface area contributed by atoms with E-state index in [1.807, 2.05) is 30.3 Å². The predicted molar refractivity (Wildman–Crippen MR) is 79.8 cm³/mol. The summed E-state index contributed by atoms with van der Waals surface area (Å²) in [6.45, 7) is 0. The maximum absolute atomic E-state index is 10.7. The smallest absolute Gasteiger partial charge is 0.115 e. The van der Waals surface area contributed by atoms with Gasteiger partial charge in [0.25, 0.3) is 0 Å². The molecule has 1 saturated carbocycles. The van der Waals surface area contributed by atoms with E-state index in [0.717, 1.165) is 18.4 Å². The van der Waals surface area contributed by atoms with Crippen LogP contribution >= 0.6 is 0 Å². The summed E-state index contributed by atoms with van der Waals surface area (Å²) in [6, 6.07) is 17.5. The fourth-order valence-electron chi connectivity index (χ4n) is 3.19. The van der Waals surface area contributed by atoms with Gasteiger partial charge in [-0.05, 0) is 42.5 Å². The highest BCUT2D eigenvalue weighted by Crippen LogP contribution is 2.47. The molecule has 1 atom stereocenters. The topological polar surface area (TPSA) is 40.5 Å². The van der Waals surface area contributed by atoms with Crippen LogP contribution in [-0.4, -0.2) is 16.3 Å². The number of aromatic hydroxyl groups is 1. The Kier molecular flexibility index (Phi) is 3.49. The van der Waals surface area contributed by atoms with Crippen molar-refractivity contribution >= 4 is 0 Å². The second-order valence-electron chi connectivity index (χ2n) is 5.76. The third-order valence-electron chi connectivity index (χ3n) is 4.60. The molecule has 0 heterocycles. The Labute approximate surface area is 119 Å². The van der Waals surface area contributed by atoms with E-state index < -0.39 is 0 Å². The molecule has 0 bridgehead atoms. The number of benzene rings is 2. The van der Waals surface area contributed by atoms with Crippen molar-refractivity contribution in [3.05, 3.63) is 65.7 Å². The maximum Gasteiger partial charge on any atom is 0.115 e. The second kappa shape index (κ2) is 5.29. The van der Waals surface area contributed by atoms with Crippen molar-refractivity contribution in [3.8, 4) is 5.75 Å². The molecule has 0 aromatic heterocycles. The number of aliphatic hydroxyl groups is 1. The largest absolute Gasteiger partial charge is 0.508 e. The van der Waals surface area contributed by atoms with Gasteiger partial charge in [0.05, 0.1) is 6.10 Å². The lowest BCUT2D eigenvalue weighted by atomic mass is 9.60. The summed E-state index contributed by atoms with van der Waals surface area (Å²) in [5, 5.41) is 20.1. The average Bonchev–Trinajstić information content (AvgIpc) is 2.41. The molecule has 0 aliphatic heterocycles. The maximum atomic E-state index is 10.7. The molecule has 2 aromatic carbocycles. The summed E-state index contributed by atoms with van der Waals surface area (Å²) >= 11 is 0. The first kappa shape index (κ1) is 13.2. The molecule has 2 aromatic rings. The Hall–Kier alpha value is -1.80. The molecule has 0 saturated heterocycles. The van der Waals surface area contributed by atoms with Crippen molar-refractivity contribution < 1.29 is 10.2 Å². The van der Waals surface area contributed by atoms with Crippen molar-refractivity contribution in [3.63, 3.8) is 0 Å². The quantitative estimate of drug-likeness (QED) is 0.892. The monoisotopic (exact) mass is 268 g/mol. The van der Waals surface area contributed by atoms with Crippen molar-refractivity contribution in [2.45, 2.75) is 37.2 Å². The van der Waals surface area contributed by atoms with E-state index in [1.165, 1.54) is 12.0 Å². The Morgan fingerprint density at radius 1 is 0.950 bits per heavy atom. The van der Waals surface area contributed by atoms with Gasteiger partial charge in [-0.25, -0.2) is 0 Å². The predicted octanol–water partition coefficient (Wildman–Crippen LogP) is 3.42. The standard InChI is InChI=1S/C18H20O2/c19-16-9-7-14(8-10-16)13-17(20)18(11-4-12-18)15-5-2-1-3-6-15/h1-3,5-10,17,19-20H,4,11-13H2. The van der Waals surface area contributed by atoms with Gasteiger partial charge in [0.1, 0.15) is 5.75 Å². The molecule has 104 valence electrons. The summed E-state index contributed by atoms with van der Waals surface area (Å²) < 4.78 is 0. The van der Waals surface area contributed by atoms with Gasteiger partial charge in [0.2, 0.25) is 0 Å². The molecule has 1 fully saturated rings. The summed E-state index contributed by atoms with van der Waals surface area (Å²) in [6.07, 6.45) is 3.55. The fourth-order valence-corrected chi connectivity index (χ4v) is 3.19. The number of hydrogen-bond acceptors (Lipinski definition) is 2. The van der Waals surface area contributed by atoms with Gasteiger partial charge in [0, 0.05) is 5.41 Å². The van der Waals surface area contributed by atoms with Gasteiger partial charge in [-0.3, -0.25) is 0 Å². The molecule has 1 aliphatic rings. The molecular weight excluding hydrogens is 248 g/mol. The van der Waals surface area contributed by atoms with Crippen molar-refractivity contribution in [2.75, 3.05) is 0 Å². The zero-order valence-corrected chi connectivity index (χ0v) is 11.5. The van der Waals surface area contributed by atoms with E-state index in [9.17, 15) is 10.2 Å². The first-order valence-corrected chi connectivity index (χ1v) is 7.22. The van der Waals surface area contributed by atoms with E-state index in [4.69, 9.17) is 0 Å². The van der Waals surface area contributed by atoms with Crippen LogP contribution in [0.2, 0.25) is 0 Å². The van der Waals surface area contributed by atoms with Crippen LogP contribution in [0.5, 0.6) is 5.75 Å². The number of rotatable bonds is 4. The lowest BCUT2D eigenvalue weighted by Gasteiger charge is -2.46. The SMILES string of the molecule is Oc1ccc(CC(O)C2(c3ccccc3)CCC2)cc1. The highest BCUT2D eigenvalue weighted by Gasteiger charge is 2.44. The summed E-state index contributed by atoms with van der Waals surface area (Å²) in [5.41, 5.74) is 2.23. The molecule has 0 radical (unpaired) electrons. The van der Waals surface area contributed by atoms with Crippen molar-refractivity contribution in [2.24, 2.45) is 0 Å². The molecule has 1 unspecified atom stereocenters. The minimum absolute atomic E-state index is 0.0842. The normalized spacial score (nSPS) is 18.2. The number of phenolic OH excluding ortho intramolecular Hbond substituents is 1. The first-order chi connectivity index (χ1) is 9.71. The van der Waals surface area contributed by atoms with E-state index in [2.05, 4.69) is 12.1 Å². The van der Waals surface area contributed by atoms with Gasteiger partial charge < -0.3 is 10.2 Å². The summed E-state index contributed by atoms with van der Waals surface area (Å²) in [7, 11) is 0. The van der Waals surface area contributed by atoms with E-state index in [0.29, 0.717) is 6.42 Å². The van der Waals surface area contributed by atoms with Gasteiger partial charge in [-0.15, -0.1) is 0 Å². The van der Waals surface area contributed by atoms with Crippen LogP contribution in [0.4, 0.5) is 0 Å². The Morgan fingerprint density at radius 2 is 1.60 bits per heavy atom. The molecule has 20 heavy (non-hydrogen) atoms. The van der Waals surface area contributed by atoms with Crippen molar-refractivity contribution in [1.29, 1.82) is 0 Å². The van der Waals surface area contributed by atoms with Crippen LogP contribution in [0.1, 0.15) is 30.4 Å². The first-order valence-electron chi connectivity index (χ1n) is 7.22. The number of aliphatic hydroxyl groups excluding tert-OH is 1. The third-order valence-corrected chi connectivity index (χ3v) is 4.60. The fraction of sp³-hybridized carbons (Fsp3) is 0.333. The van der Waals surface area contributed by atoms with Crippen LogP contribution in [0.25, 0.3) is 0 Å². The molecule has 1 aliphatic carbocycles. The molecule has 2 nitrogen and oxygen atoms in total. The Bertz CT molecular complexity index is 556. The van der Waals surface area contributed by atoms with Crippen LogP contribution in [0.3, 0.4) is 0 Å². The minimum Gasteiger partial charge on any atom is -0.508 e. The molecular formula is C18H20O2. The zero-order valence-electron chi connectivity index (χ0n) is 11.5. The summed E-state index contributed by atoms with van der Waals surface area (Å²) in [5.74, 6) is 0.268. The van der Waals surface area contributed by atoms with Crippen LogP contribution in [-0.2, 0) is 11.8 Å². The molecule has 3 rings (SSSR count). The molecule has 2 N–H and O–H groups in total. The van der Waals surface area contributed by atoms with E-state index in [1.54, 1.807) is 12.1 Å². The van der Waals surface area contributed by atoms with Gasteiger partial charge in [-0.1, -0.05) is 48.9 Å². The summed E-state index contributed by atoms with van der Waals surface area (Å²) in [4.78, 5) is 0. The Balaban J connectivity index is 1.81. The second-order valence-corrected chi connectivity index (χ2v) is 5.76. The Morgan fingerprint density at radius 3 is 2.15 bits per heavy atom. The molecule has 0 amide bonds. The van der Waals surface area contributed by atoms with Crippen LogP contribution < -0.4 is 0 Å². The van der Waals surface area contributed by atoms with E-state index in [-0.39, 0.29) is 17.3 Å². The molecule has 0 spiro atoms. The lowest BCUT2D eigenvalue weighted by Crippen LogP contribution is -2.46. The lowest BCUT2D eigenvalue weighted by molar-refractivity contribution is 0.0286. The van der Waals surface area contributed by atoms with Gasteiger partial charge in [-0.2, -0.15) is 0 Å².